The number of aromatic nitrogens is 2. The van der Waals surface area contributed by atoms with E-state index in [9.17, 15) is 0 Å². The van der Waals surface area contributed by atoms with Crippen molar-refractivity contribution in [2.24, 2.45) is 0 Å². The number of hydrogen-bond donors (Lipinski definition) is 2. The summed E-state index contributed by atoms with van der Waals surface area (Å²) in [4.78, 5) is 8.81. The van der Waals surface area contributed by atoms with Crippen LogP contribution in [0.25, 0.3) is 0 Å². The van der Waals surface area contributed by atoms with Crippen LogP contribution in [-0.2, 0) is 6.54 Å². The number of rotatable bonds is 5. The fraction of sp³-hybridized carbons (Fsp3) is 0.158. The monoisotopic (exact) mass is 382 g/mol. The smallest absolute Gasteiger partial charge is 0.229 e. The van der Waals surface area contributed by atoms with Crippen LogP contribution in [0.2, 0.25) is 0 Å². The molecule has 0 unspecified atom stereocenters. The summed E-state index contributed by atoms with van der Waals surface area (Å²) >= 11 is 3.56. The number of nitrogens with one attached hydrogen (secondary N) is 2. The summed E-state index contributed by atoms with van der Waals surface area (Å²) < 4.78 is 0.990. The quantitative estimate of drug-likeness (QED) is 0.635. The van der Waals surface area contributed by atoms with E-state index in [0.29, 0.717) is 5.95 Å². The lowest BCUT2D eigenvalue weighted by Crippen LogP contribution is -2.05. The van der Waals surface area contributed by atoms with Gasteiger partial charge in [0.2, 0.25) is 5.95 Å². The molecular formula is C19H19BrN4. The first-order chi connectivity index (χ1) is 11.6. The third-order valence-electron chi connectivity index (χ3n) is 3.75. The second kappa shape index (κ2) is 7.45. The Labute approximate surface area is 150 Å². The topological polar surface area (TPSA) is 49.8 Å². The molecule has 4 nitrogen and oxygen atoms in total. The average Bonchev–Trinajstić information content (AvgIpc) is 2.57. The van der Waals surface area contributed by atoms with Gasteiger partial charge in [0.25, 0.3) is 0 Å². The second-order valence-electron chi connectivity index (χ2n) is 5.65. The minimum Gasteiger partial charge on any atom is -0.366 e. The number of hydrogen-bond acceptors (Lipinski definition) is 4. The molecule has 0 spiro atoms. The summed E-state index contributed by atoms with van der Waals surface area (Å²) in [7, 11) is 0. The third kappa shape index (κ3) is 4.11. The van der Waals surface area contributed by atoms with Gasteiger partial charge in [-0.3, -0.25) is 0 Å². The summed E-state index contributed by atoms with van der Waals surface area (Å²) in [5, 5.41) is 6.59. The van der Waals surface area contributed by atoms with Gasteiger partial charge in [0.15, 0.2) is 0 Å². The highest BCUT2D eigenvalue weighted by molar-refractivity contribution is 9.10. The van der Waals surface area contributed by atoms with Crippen molar-refractivity contribution in [2.45, 2.75) is 20.4 Å². The number of nitrogens with zero attached hydrogens (tertiary/aromatic N) is 2. The summed E-state index contributed by atoms with van der Waals surface area (Å²) in [5.74, 6) is 1.35. The van der Waals surface area contributed by atoms with Gasteiger partial charge in [-0.05, 0) is 64.7 Å². The highest BCUT2D eigenvalue weighted by Gasteiger charge is 2.04. The van der Waals surface area contributed by atoms with Crippen molar-refractivity contribution < 1.29 is 0 Å². The van der Waals surface area contributed by atoms with Gasteiger partial charge in [0, 0.05) is 17.2 Å². The Balaban J connectivity index is 1.71. The molecule has 24 heavy (non-hydrogen) atoms. The van der Waals surface area contributed by atoms with E-state index in [-0.39, 0.29) is 0 Å². The third-order valence-corrected chi connectivity index (χ3v) is 4.40. The number of benzene rings is 2. The Kier molecular flexibility index (Phi) is 5.11. The van der Waals surface area contributed by atoms with Crippen LogP contribution in [0.3, 0.4) is 0 Å². The second-order valence-corrected chi connectivity index (χ2v) is 6.51. The first-order valence-corrected chi connectivity index (χ1v) is 8.56. The minimum absolute atomic E-state index is 0.564. The summed E-state index contributed by atoms with van der Waals surface area (Å²) in [5.41, 5.74) is 4.66. The van der Waals surface area contributed by atoms with Crippen molar-refractivity contribution in [1.82, 2.24) is 9.97 Å². The molecule has 2 aromatic carbocycles. The maximum Gasteiger partial charge on any atom is 0.229 e. The highest BCUT2D eigenvalue weighted by Crippen LogP contribution is 2.25. The minimum atomic E-state index is 0.564. The van der Waals surface area contributed by atoms with Crippen LogP contribution in [0.1, 0.15) is 16.7 Å². The highest BCUT2D eigenvalue weighted by atomic mass is 79.9. The fourth-order valence-corrected chi connectivity index (χ4v) is 2.95. The molecule has 0 aliphatic carbocycles. The van der Waals surface area contributed by atoms with E-state index in [1.807, 2.05) is 30.3 Å². The van der Waals surface area contributed by atoms with Gasteiger partial charge in [-0.25, -0.2) is 4.98 Å². The Morgan fingerprint density at radius 3 is 2.67 bits per heavy atom. The van der Waals surface area contributed by atoms with Crippen LogP contribution in [0.5, 0.6) is 0 Å². The lowest BCUT2D eigenvalue weighted by atomic mass is 10.1. The zero-order chi connectivity index (χ0) is 16.9. The van der Waals surface area contributed by atoms with Crippen LogP contribution in [-0.4, -0.2) is 9.97 Å². The number of aryl methyl sites for hydroxylation is 2. The summed E-state index contributed by atoms with van der Waals surface area (Å²) in [6, 6.07) is 16.3. The molecule has 3 rings (SSSR count). The number of halogens is 1. The number of anilines is 3. The first-order valence-electron chi connectivity index (χ1n) is 7.76. The van der Waals surface area contributed by atoms with Crippen LogP contribution in [0.15, 0.2) is 59.2 Å². The van der Waals surface area contributed by atoms with Crippen molar-refractivity contribution >= 4 is 33.4 Å². The van der Waals surface area contributed by atoms with E-state index in [2.05, 4.69) is 68.6 Å². The molecule has 122 valence electrons. The molecule has 0 fully saturated rings. The summed E-state index contributed by atoms with van der Waals surface area (Å²) in [6.07, 6.45) is 1.75. The van der Waals surface area contributed by atoms with Crippen LogP contribution < -0.4 is 10.6 Å². The maximum atomic E-state index is 4.52. The Morgan fingerprint density at radius 1 is 1.04 bits per heavy atom. The average molecular weight is 383 g/mol. The Hall–Kier alpha value is -2.40. The zero-order valence-electron chi connectivity index (χ0n) is 13.7. The van der Waals surface area contributed by atoms with Crippen LogP contribution in [0, 0.1) is 13.8 Å². The van der Waals surface area contributed by atoms with E-state index in [4.69, 9.17) is 0 Å². The van der Waals surface area contributed by atoms with Crippen LogP contribution >= 0.6 is 15.9 Å². The van der Waals surface area contributed by atoms with E-state index in [1.54, 1.807) is 6.20 Å². The van der Waals surface area contributed by atoms with E-state index >= 15 is 0 Å². The van der Waals surface area contributed by atoms with Gasteiger partial charge in [0.1, 0.15) is 5.82 Å². The van der Waals surface area contributed by atoms with Crippen molar-refractivity contribution in [3.05, 3.63) is 75.9 Å². The molecule has 5 heteroatoms. The van der Waals surface area contributed by atoms with E-state index < -0.39 is 0 Å². The molecule has 0 amide bonds. The predicted molar refractivity (Wildman–Crippen MR) is 103 cm³/mol. The molecule has 0 saturated heterocycles. The van der Waals surface area contributed by atoms with Crippen LogP contribution in [0.4, 0.5) is 17.5 Å². The zero-order valence-corrected chi connectivity index (χ0v) is 15.3. The molecule has 0 radical (unpaired) electrons. The van der Waals surface area contributed by atoms with E-state index in [0.717, 1.165) is 22.5 Å². The van der Waals surface area contributed by atoms with Gasteiger partial charge in [-0.1, -0.05) is 30.3 Å². The van der Waals surface area contributed by atoms with Crippen molar-refractivity contribution in [1.29, 1.82) is 0 Å². The predicted octanol–water partition coefficient (Wildman–Crippen LogP) is 5.21. The van der Waals surface area contributed by atoms with Crippen molar-refractivity contribution in [2.75, 3.05) is 10.6 Å². The molecule has 2 N–H and O–H groups in total. The van der Waals surface area contributed by atoms with Crippen molar-refractivity contribution in [3.63, 3.8) is 0 Å². The van der Waals surface area contributed by atoms with E-state index in [1.165, 1.54) is 16.7 Å². The molecular weight excluding hydrogens is 364 g/mol. The molecule has 1 aromatic heterocycles. The first kappa shape index (κ1) is 16.5. The van der Waals surface area contributed by atoms with Crippen molar-refractivity contribution in [3.8, 4) is 0 Å². The van der Waals surface area contributed by atoms with Gasteiger partial charge >= 0.3 is 0 Å². The molecule has 1 heterocycles. The Bertz CT molecular complexity index is 848. The molecule has 0 aliphatic heterocycles. The van der Waals surface area contributed by atoms with Gasteiger partial charge in [-0.2, -0.15) is 4.98 Å². The molecule has 0 bridgehead atoms. The lowest BCUT2D eigenvalue weighted by Gasteiger charge is -2.11. The maximum absolute atomic E-state index is 4.52. The van der Waals surface area contributed by atoms with Gasteiger partial charge in [0.05, 0.1) is 5.69 Å². The largest absolute Gasteiger partial charge is 0.366 e. The molecule has 0 atom stereocenters. The van der Waals surface area contributed by atoms with Gasteiger partial charge in [-0.15, -0.1) is 0 Å². The standard InChI is InChI=1S/C19H19BrN4/c1-13-7-8-17(16(20)11-13)23-19-21-10-9-18(24-19)22-12-15-6-4-3-5-14(15)2/h3-11H,12H2,1-2H3,(H2,21,22,23,24). The summed E-state index contributed by atoms with van der Waals surface area (Å²) in [6.45, 7) is 4.90. The van der Waals surface area contributed by atoms with Gasteiger partial charge < -0.3 is 10.6 Å². The normalized spacial score (nSPS) is 10.5. The lowest BCUT2D eigenvalue weighted by molar-refractivity contribution is 1.07. The Morgan fingerprint density at radius 2 is 1.88 bits per heavy atom. The molecule has 0 aliphatic rings. The molecule has 3 aromatic rings. The fourth-order valence-electron chi connectivity index (χ4n) is 2.35. The molecule has 0 saturated carbocycles. The SMILES string of the molecule is Cc1ccc(Nc2nccc(NCc3ccccc3C)n2)c(Br)c1.